The van der Waals surface area contributed by atoms with E-state index in [-0.39, 0.29) is 0 Å². The Bertz CT molecular complexity index is 554. The molecule has 21 heavy (non-hydrogen) atoms. The zero-order valence-corrected chi connectivity index (χ0v) is 13.1. The molecule has 2 aromatic rings. The second-order valence-electron chi connectivity index (χ2n) is 5.13. The summed E-state index contributed by atoms with van der Waals surface area (Å²) >= 11 is 0. The highest BCUT2D eigenvalue weighted by atomic mass is 15.1. The second kappa shape index (κ2) is 7.62. The zero-order chi connectivity index (χ0) is 15.1. The fraction of sp³-hybridized carbons (Fsp3) is 0.412. The van der Waals surface area contributed by atoms with E-state index in [0.29, 0.717) is 5.92 Å². The van der Waals surface area contributed by atoms with Gasteiger partial charge in [0.25, 0.3) is 0 Å². The van der Waals surface area contributed by atoms with Gasteiger partial charge < -0.3 is 10.6 Å². The first kappa shape index (κ1) is 15.3. The van der Waals surface area contributed by atoms with Gasteiger partial charge in [0.1, 0.15) is 17.5 Å². The fourth-order valence-corrected chi connectivity index (χ4v) is 2.17. The monoisotopic (exact) mass is 284 g/mol. The molecule has 0 aliphatic rings. The predicted molar refractivity (Wildman–Crippen MR) is 88.9 cm³/mol. The number of nitrogens with one attached hydrogen (secondary N) is 2. The summed E-state index contributed by atoms with van der Waals surface area (Å²) in [6.07, 6.45) is 0.835. The van der Waals surface area contributed by atoms with E-state index in [2.05, 4.69) is 65.6 Å². The highest BCUT2D eigenvalue weighted by molar-refractivity contribution is 5.47. The molecule has 4 heteroatoms. The molecule has 0 amide bonds. The first-order chi connectivity index (χ1) is 10.2. The predicted octanol–water partition coefficient (Wildman–Crippen LogP) is 3.69. The van der Waals surface area contributed by atoms with Crippen LogP contribution in [0.4, 0.5) is 11.6 Å². The second-order valence-corrected chi connectivity index (χ2v) is 5.13. The van der Waals surface area contributed by atoms with Crippen molar-refractivity contribution in [1.82, 2.24) is 9.97 Å². The van der Waals surface area contributed by atoms with Gasteiger partial charge in [0.2, 0.25) is 0 Å². The molecule has 1 aromatic heterocycles. The number of nitrogens with zero attached hydrogens (tertiary/aromatic N) is 2. The summed E-state index contributed by atoms with van der Waals surface area (Å²) in [6.45, 7) is 8.07. The maximum Gasteiger partial charge on any atom is 0.132 e. The number of aromatic nitrogens is 2. The lowest BCUT2D eigenvalue weighted by Gasteiger charge is -2.14. The van der Waals surface area contributed by atoms with Crippen LogP contribution in [0.3, 0.4) is 0 Å². The summed E-state index contributed by atoms with van der Waals surface area (Å²) in [5.41, 5.74) is 1.33. The molecule has 4 nitrogen and oxygen atoms in total. The Hall–Kier alpha value is -2.10. The van der Waals surface area contributed by atoms with E-state index in [1.807, 2.05) is 12.1 Å². The summed E-state index contributed by atoms with van der Waals surface area (Å²) in [4.78, 5) is 9.00. The van der Waals surface area contributed by atoms with Crippen LogP contribution >= 0.6 is 0 Å². The van der Waals surface area contributed by atoms with Crippen molar-refractivity contribution in [1.29, 1.82) is 0 Å². The molecule has 0 bridgehead atoms. The van der Waals surface area contributed by atoms with Crippen LogP contribution in [0.2, 0.25) is 0 Å². The van der Waals surface area contributed by atoms with Crippen molar-refractivity contribution in [2.24, 2.45) is 0 Å². The molecule has 0 radical (unpaired) electrons. The first-order valence-corrected chi connectivity index (χ1v) is 7.63. The lowest BCUT2D eigenvalue weighted by Crippen LogP contribution is -2.13. The molecular weight excluding hydrogens is 260 g/mol. The normalized spacial score (nSPS) is 12.0. The minimum Gasteiger partial charge on any atom is -0.370 e. The Labute approximate surface area is 127 Å². The van der Waals surface area contributed by atoms with Crippen molar-refractivity contribution < 1.29 is 0 Å². The Kier molecular flexibility index (Phi) is 5.55. The largest absolute Gasteiger partial charge is 0.370 e. The number of hydrogen-bond donors (Lipinski definition) is 2. The van der Waals surface area contributed by atoms with Gasteiger partial charge in [-0.25, -0.2) is 9.97 Å². The lowest BCUT2D eigenvalue weighted by atomic mass is 10.0. The Morgan fingerprint density at radius 2 is 1.67 bits per heavy atom. The van der Waals surface area contributed by atoms with E-state index >= 15 is 0 Å². The summed E-state index contributed by atoms with van der Waals surface area (Å²) in [5, 5.41) is 6.68. The molecule has 1 aromatic carbocycles. The van der Waals surface area contributed by atoms with Crippen molar-refractivity contribution in [3.63, 3.8) is 0 Å². The Balaban J connectivity index is 2.03. The van der Waals surface area contributed by atoms with Gasteiger partial charge in [0, 0.05) is 25.6 Å². The van der Waals surface area contributed by atoms with Gasteiger partial charge in [0.05, 0.1) is 0 Å². The fourth-order valence-electron chi connectivity index (χ4n) is 2.17. The molecule has 1 unspecified atom stereocenters. The molecule has 0 fully saturated rings. The van der Waals surface area contributed by atoms with E-state index in [9.17, 15) is 0 Å². The molecule has 0 aliphatic carbocycles. The molecule has 112 valence electrons. The van der Waals surface area contributed by atoms with Crippen molar-refractivity contribution >= 4 is 11.6 Å². The first-order valence-electron chi connectivity index (χ1n) is 7.63. The van der Waals surface area contributed by atoms with Crippen LogP contribution in [0, 0.1) is 0 Å². The van der Waals surface area contributed by atoms with E-state index in [1.165, 1.54) is 5.56 Å². The molecule has 0 saturated heterocycles. The molecule has 0 aliphatic heterocycles. The van der Waals surface area contributed by atoms with Gasteiger partial charge in [0.15, 0.2) is 0 Å². The topological polar surface area (TPSA) is 49.8 Å². The van der Waals surface area contributed by atoms with Crippen LogP contribution in [0.5, 0.6) is 0 Å². The average molecular weight is 284 g/mol. The zero-order valence-electron chi connectivity index (χ0n) is 13.1. The van der Waals surface area contributed by atoms with Crippen molar-refractivity contribution in [2.45, 2.75) is 33.1 Å². The van der Waals surface area contributed by atoms with Crippen LogP contribution < -0.4 is 10.6 Å². The van der Waals surface area contributed by atoms with Crippen LogP contribution in [0.25, 0.3) is 0 Å². The molecule has 0 spiro atoms. The average Bonchev–Trinajstić information content (AvgIpc) is 2.53. The van der Waals surface area contributed by atoms with Gasteiger partial charge in [-0.15, -0.1) is 0 Å². The van der Waals surface area contributed by atoms with E-state index in [4.69, 9.17) is 0 Å². The van der Waals surface area contributed by atoms with Crippen LogP contribution in [-0.2, 0) is 6.42 Å². The minimum absolute atomic E-state index is 0.439. The smallest absolute Gasteiger partial charge is 0.132 e. The standard InChI is InChI=1S/C17H24N4/c1-4-15-20-16(18-5-2)11-17(21-15)19-12-13(3)14-9-7-6-8-10-14/h6-11,13H,4-5,12H2,1-3H3,(H2,18,19,20,21). The third-order valence-corrected chi connectivity index (χ3v) is 3.40. The number of rotatable bonds is 7. The van der Waals surface area contributed by atoms with Crippen molar-refractivity contribution in [3.8, 4) is 0 Å². The summed E-state index contributed by atoms with van der Waals surface area (Å²) in [6, 6.07) is 12.5. The third kappa shape index (κ3) is 4.45. The maximum atomic E-state index is 4.54. The summed E-state index contributed by atoms with van der Waals surface area (Å²) in [5.74, 6) is 3.08. The van der Waals surface area contributed by atoms with Gasteiger partial charge in [-0.2, -0.15) is 0 Å². The molecule has 1 heterocycles. The Morgan fingerprint density at radius 1 is 1.00 bits per heavy atom. The molecular formula is C17H24N4. The van der Waals surface area contributed by atoms with Gasteiger partial charge in [-0.1, -0.05) is 44.2 Å². The van der Waals surface area contributed by atoms with Gasteiger partial charge in [-0.3, -0.25) is 0 Å². The lowest BCUT2D eigenvalue weighted by molar-refractivity contribution is 0.798. The Morgan fingerprint density at radius 3 is 2.29 bits per heavy atom. The third-order valence-electron chi connectivity index (χ3n) is 3.40. The molecule has 0 saturated carbocycles. The highest BCUT2D eigenvalue weighted by Crippen LogP contribution is 2.17. The van der Waals surface area contributed by atoms with Gasteiger partial charge >= 0.3 is 0 Å². The van der Waals surface area contributed by atoms with Crippen molar-refractivity contribution in [3.05, 3.63) is 47.8 Å². The minimum atomic E-state index is 0.439. The number of anilines is 2. The van der Waals surface area contributed by atoms with Crippen molar-refractivity contribution in [2.75, 3.05) is 23.7 Å². The number of aryl methyl sites for hydroxylation is 1. The summed E-state index contributed by atoms with van der Waals surface area (Å²) < 4.78 is 0. The maximum absolute atomic E-state index is 4.54. The molecule has 2 rings (SSSR count). The SMILES string of the molecule is CCNc1cc(NCC(C)c2ccccc2)nc(CC)n1. The highest BCUT2D eigenvalue weighted by Gasteiger charge is 2.07. The van der Waals surface area contributed by atoms with Crippen LogP contribution in [-0.4, -0.2) is 23.1 Å². The van der Waals surface area contributed by atoms with Gasteiger partial charge in [-0.05, 0) is 18.4 Å². The van der Waals surface area contributed by atoms with E-state index < -0.39 is 0 Å². The van der Waals surface area contributed by atoms with E-state index in [0.717, 1.165) is 37.0 Å². The van der Waals surface area contributed by atoms with E-state index in [1.54, 1.807) is 0 Å². The number of hydrogen-bond acceptors (Lipinski definition) is 4. The van der Waals surface area contributed by atoms with Crippen LogP contribution in [0.1, 0.15) is 38.1 Å². The number of benzene rings is 1. The molecule has 2 N–H and O–H groups in total. The van der Waals surface area contributed by atoms with Crippen LogP contribution in [0.15, 0.2) is 36.4 Å². The molecule has 1 atom stereocenters. The quantitative estimate of drug-likeness (QED) is 0.814. The summed E-state index contributed by atoms with van der Waals surface area (Å²) in [7, 11) is 0.